The number of aromatic nitrogens is 2. The van der Waals surface area contributed by atoms with Crippen LogP contribution in [0.1, 0.15) is 18.1 Å². The van der Waals surface area contributed by atoms with Gasteiger partial charge in [-0.05, 0) is 64.3 Å². The third-order valence-corrected chi connectivity index (χ3v) is 6.84. The number of ether oxygens (including phenoxy) is 2. The number of nitro benzene ring substituents is 1. The highest BCUT2D eigenvalue weighted by atomic mass is 79.9. The number of hydrogen-bond donors (Lipinski definition) is 0. The van der Waals surface area contributed by atoms with Crippen LogP contribution in [0.3, 0.4) is 0 Å². The van der Waals surface area contributed by atoms with Crippen LogP contribution in [0.15, 0.2) is 69.9 Å². The van der Waals surface area contributed by atoms with Gasteiger partial charge >= 0.3 is 0 Å². The maximum atomic E-state index is 13.1. The van der Waals surface area contributed by atoms with E-state index in [0.717, 1.165) is 16.6 Å². The second-order valence-corrected chi connectivity index (χ2v) is 9.48. The molecule has 35 heavy (non-hydrogen) atoms. The molecule has 3 aromatic carbocycles. The molecule has 0 aliphatic carbocycles. The fraction of sp³-hybridized carbons (Fsp3) is 0.120. The van der Waals surface area contributed by atoms with Crippen molar-refractivity contribution in [2.45, 2.75) is 13.5 Å². The number of imidazole rings is 1. The molecule has 0 unspecified atom stereocenters. The average molecular weight is 552 g/mol. The first-order valence-corrected chi connectivity index (χ1v) is 12.3. The van der Waals surface area contributed by atoms with Crippen LogP contribution in [-0.2, 0) is 6.61 Å². The third kappa shape index (κ3) is 4.50. The number of nitro groups is 1. The highest BCUT2D eigenvalue weighted by molar-refractivity contribution is 9.10. The minimum atomic E-state index is -0.440. The summed E-state index contributed by atoms with van der Waals surface area (Å²) in [4.78, 5) is 28.9. The molecule has 0 spiro atoms. The Morgan fingerprint density at radius 1 is 1.14 bits per heavy atom. The summed E-state index contributed by atoms with van der Waals surface area (Å²) < 4.78 is 14.6. The Hall–Kier alpha value is -3.76. The summed E-state index contributed by atoms with van der Waals surface area (Å²) >= 11 is 4.87. The number of thiazole rings is 1. The molecule has 5 aromatic rings. The van der Waals surface area contributed by atoms with Crippen molar-refractivity contribution in [3.8, 4) is 11.5 Å². The molecule has 0 fully saturated rings. The van der Waals surface area contributed by atoms with Crippen LogP contribution < -0.4 is 19.6 Å². The topological polar surface area (TPSA) is 96.0 Å². The second-order valence-electron chi connectivity index (χ2n) is 7.61. The standard InChI is InChI=1S/C25H18BrN3O5S/c1-2-33-21-12-16(11-18(26)23(21)34-14-15-6-5-7-17(10-15)29(31)32)13-22-24(30)28-20-9-4-3-8-19(20)27-25(28)35-22/h3-13H,2,14H2,1H3/b22-13-. The van der Waals surface area contributed by atoms with Gasteiger partial charge in [-0.1, -0.05) is 35.6 Å². The molecule has 0 bridgehead atoms. The summed E-state index contributed by atoms with van der Waals surface area (Å²) in [7, 11) is 0. The van der Waals surface area contributed by atoms with E-state index in [9.17, 15) is 14.9 Å². The quantitative estimate of drug-likeness (QED) is 0.206. The first kappa shape index (κ1) is 23.0. The zero-order chi connectivity index (χ0) is 24.5. The van der Waals surface area contributed by atoms with Crippen molar-refractivity contribution >= 4 is 55.0 Å². The molecule has 0 radical (unpaired) electrons. The highest BCUT2D eigenvalue weighted by Gasteiger charge is 2.15. The molecule has 176 valence electrons. The van der Waals surface area contributed by atoms with Crippen molar-refractivity contribution in [1.82, 2.24) is 9.38 Å². The van der Waals surface area contributed by atoms with Crippen LogP contribution in [0.2, 0.25) is 0 Å². The van der Waals surface area contributed by atoms with Crippen LogP contribution >= 0.6 is 27.3 Å². The number of hydrogen-bond acceptors (Lipinski definition) is 7. The molecule has 8 nitrogen and oxygen atoms in total. The lowest BCUT2D eigenvalue weighted by Crippen LogP contribution is -2.22. The molecule has 0 saturated heterocycles. The predicted octanol–water partition coefficient (Wildman–Crippen LogP) is 5.11. The number of halogens is 1. The average Bonchev–Trinajstić information content (AvgIpc) is 3.35. The fourth-order valence-electron chi connectivity index (χ4n) is 3.75. The molecule has 0 saturated carbocycles. The highest BCUT2D eigenvalue weighted by Crippen LogP contribution is 2.38. The molecule has 0 atom stereocenters. The summed E-state index contributed by atoms with van der Waals surface area (Å²) in [5, 5.41) is 11.0. The Bertz CT molecular complexity index is 1700. The van der Waals surface area contributed by atoms with E-state index >= 15 is 0 Å². The summed E-state index contributed by atoms with van der Waals surface area (Å²) in [5.74, 6) is 0.975. The van der Waals surface area contributed by atoms with Gasteiger partial charge in [0.15, 0.2) is 16.5 Å². The van der Waals surface area contributed by atoms with Gasteiger partial charge < -0.3 is 9.47 Å². The van der Waals surface area contributed by atoms with Gasteiger partial charge in [-0.3, -0.25) is 14.9 Å². The minimum Gasteiger partial charge on any atom is -0.490 e. The maximum Gasteiger partial charge on any atom is 0.274 e. The molecule has 0 amide bonds. The molecular formula is C25H18BrN3O5S. The smallest absolute Gasteiger partial charge is 0.274 e. The lowest BCUT2D eigenvalue weighted by atomic mass is 10.2. The maximum absolute atomic E-state index is 13.1. The zero-order valence-electron chi connectivity index (χ0n) is 18.4. The van der Waals surface area contributed by atoms with Gasteiger partial charge in [0.05, 0.1) is 31.6 Å². The van der Waals surface area contributed by atoms with E-state index in [-0.39, 0.29) is 17.9 Å². The first-order chi connectivity index (χ1) is 16.9. The summed E-state index contributed by atoms with van der Waals surface area (Å²) in [6.45, 7) is 2.40. The number of benzene rings is 3. The number of nitrogens with zero attached hydrogens (tertiary/aromatic N) is 3. The van der Waals surface area contributed by atoms with Gasteiger partial charge in [0, 0.05) is 12.1 Å². The Labute approximate surface area is 211 Å². The van der Waals surface area contributed by atoms with Crippen LogP contribution in [0.25, 0.3) is 22.1 Å². The van der Waals surface area contributed by atoms with Gasteiger partial charge in [0.25, 0.3) is 11.2 Å². The number of rotatable bonds is 7. The summed E-state index contributed by atoms with van der Waals surface area (Å²) in [6.07, 6.45) is 1.80. The van der Waals surface area contributed by atoms with Gasteiger partial charge in [-0.25, -0.2) is 9.38 Å². The van der Waals surface area contributed by atoms with Crippen LogP contribution in [0.4, 0.5) is 5.69 Å². The molecule has 10 heteroatoms. The molecule has 5 rings (SSSR count). The van der Waals surface area contributed by atoms with Crippen LogP contribution in [0, 0.1) is 10.1 Å². The Kier molecular flexibility index (Phi) is 6.23. The molecule has 0 aliphatic rings. The third-order valence-electron chi connectivity index (χ3n) is 5.28. The Balaban J connectivity index is 1.50. The molecule has 0 N–H and O–H groups in total. The monoisotopic (exact) mass is 551 g/mol. The van der Waals surface area contributed by atoms with E-state index in [1.54, 1.807) is 28.7 Å². The summed E-state index contributed by atoms with van der Waals surface area (Å²) in [5.41, 5.74) is 2.86. The molecular weight excluding hydrogens is 534 g/mol. The lowest BCUT2D eigenvalue weighted by Gasteiger charge is -2.14. The minimum absolute atomic E-state index is 0.00337. The predicted molar refractivity (Wildman–Crippen MR) is 138 cm³/mol. The van der Waals surface area contributed by atoms with Crippen molar-refractivity contribution < 1.29 is 14.4 Å². The van der Waals surface area contributed by atoms with Crippen molar-refractivity contribution in [2.75, 3.05) is 6.61 Å². The number of non-ortho nitro benzene ring substituents is 1. The fourth-order valence-corrected chi connectivity index (χ4v) is 5.31. The lowest BCUT2D eigenvalue weighted by molar-refractivity contribution is -0.384. The van der Waals surface area contributed by atoms with E-state index in [0.29, 0.717) is 37.6 Å². The number of fused-ring (bicyclic) bond motifs is 3. The normalized spacial score (nSPS) is 11.9. The molecule has 2 heterocycles. The van der Waals surface area contributed by atoms with Crippen molar-refractivity contribution in [1.29, 1.82) is 0 Å². The molecule has 2 aromatic heterocycles. The van der Waals surface area contributed by atoms with Crippen LogP contribution in [-0.4, -0.2) is 20.9 Å². The summed E-state index contributed by atoms with van der Waals surface area (Å²) in [6, 6.07) is 17.5. The van der Waals surface area contributed by atoms with E-state index in [1.165, 1.54) is 23.5 Å². The van der Waals surface area contributed by atoms with E-state index in [4.69, 9.17) is 9.47 Å². The largest absolute Gasteiger partial charge is 0.490 e. The van der Waals surface area contributed by atoms with E-state index in [2.05, 4.69) is 20.9 Å². The van der Waals surface area contributed by atoms with Crippen LogP contribution in [0.5, 0.6) is 11.5 Å². The Morgan fingerprint density at radius 3 is 2.77 bits per heavy atom. The van der Waals surface area contributed by atoms with Crippen molar-refractivity contribution in [3.05, 3.63) is 101 Å². The first-order valence-electron chi connectivity index (χ1n) is 10.7. The zero-order valence-corrected chi connectivity index (χ0v) is 20.8. The number of para-hydroxylation sites is 2. The van der Waals surface area contributed by atoms with Crippen molar-refractivity contribution in [2.24, 2.45) is 0 Å². The van der Waals surface area contributed by atoms with E-state index in [1.807, 2.05) is 37.3 Å². The van der Waals surface area contributed by atoms with E-state index < -0.39 is 4.92 Å². The van der Waals surface area contributed by atoms with Gasteiger partial charge in [-0.15, -0.1) is 0 Å². The van der Waals surface area contributed by atoms with Gasteiger partial charge in [0.2, 0.25) is 0 Å². The van der Waals surface area contributed by atoms with Gasteiger partial charge in [0.1, 0.15) is 6.61 Å². The van der Waals surface area contributed by atoms with Gasteiger partial charge in [-0.2, -0.15) is 0 Å². The Morgan fingerprint density at radius 2 is 1.97 bits per heavy atom. The van der Waals surface area contributed by atoms with Crippen molar-refractivity contribution in [3.63, 3.8) is 0 Å². The second kappa shape index (κ2) is 9.47. The molecule has 0 aliphatic heterocycles. The SMILES string of the molecule is CCOc1cc(/C=c2\sc3nc4ccccc4n3c2=O)cc(Br)c1OCc1cccc([N+](=O)[O-])c1.